The van der Waals surface area contributed by atoms with Crippen LogP contribution in [0.5, 0.6) is 0 Å². The number of nitrogens with two attached hydrogens (primary N) is 1. The molecule has 2 rings (SSSR count). The fraction of sp³-hybridized carbons (Fsp3) is 0.250. The summed E-state index contributed by atoms with van der Waals surface area (Å²) in [5.41, 5.74) is 7.15. The molecule has 1 heterocycles. The highest BCUT2D eigenvalue weighted by Crippen LogP contribution is 2.29. The van der Waals surface area contributed by atoms with Crippen molar-refractivity contribution in [3.63, 3.8) is 0 Å². The number of fused-ring (bicyclic) bond motifs is 1. The molecule has 4 heteroatoms. The zero-order chi connectivity index (χ0) is 11.7. The summed E-state index contributed by atoms with van der Waals surface area (Å²) in [4.78, 5) is 4.17. The fourth-order valence-corrected chi connectivity index (χ4v) is 1.66. The topological polar surface area (TPSA) is 50.9 Å². The monoisotopic (exact) mass is 219 g/mol. The highest BCUT2D eigenvalue weighted by molar-refractivity contribution is 5.98. The van der Waals surface area contributed by atoms with Gasteiger partial charge in [-0.15, -0.1) is 0 Å². The van der Waals surface area contributed by atoms with Crippen molar-refractivity contribution in [2.75, 3.05) is 11.1 Å². The Morgan fingerprint density at radius 2 is 2.19 bits per heavy atom. The zero-order valence-electron chi connectivity index (χ0n) is 9.29. The number of hydrogen-bond acceptors (Lipinski definition) is 3. The second-order valence-corrected chi connectivity index (χ2v) is 4.02. The quantitative estimate of drug-likeness (QED) is 0.763. The van der Waals surface area contributed by atoms with E-state index in [-0.39, 0.29) is 11.9 Å². The van der Waals surface area contributed by atoms with Gasteiger partial charge in [0.05, 0.1) is 11.2 Å². The lowest BCUT2D eigenvalue weighted by Crippen LogP contribution is -2.12. The van der Waals surface area contributed by atoms with Gasteiger partial charge in [-0.2, -0.15) is 0 Å². The third-order valence-corrected chi connectivity index (χ3v) is 2.31. The Labute approximate surface area is 93.5 Å². The van der Waals surface area contributed by atoms with Gasteiger partial charge in [-0.25, -0.2) is 4.39 Å². The molecule has 1 aromatic heterocycles. The molecule has 0 saturated carbocycles. The normalized spacial score (nSPS) is 11.0. The van der Waals surface area contributed by atoms with E-state index in [4.69, 9.17) is 5.73 Å². The summed E-state index contributed by atoms with van der Waals surface area (Å²) < 4.78 is 13.8. The van der Waals surface area contributed by atoms with Gasteiger partial charge in [-0.05, 0) is 32.0 Å². The highest BCUT2D eigenvalue weighted by Gasteiger charge is 2.12. The number of benzene rings is 1. The predicted octanol–water partition coefficient (Wildman–Crippen LogP) is 2.78. The zero-order valence-corrected chi connectivity index (χ0v) is 9.29. The van der Waals surface area contributed by atoms with Gasteiger partial charge in [0.2, 0.25) is 0 Å². The largest absolute Gasteiger partial charge is 0.398 e. The molecular formula is C12H14FN3. The van der Waals surface area contributed by atoms with Crippen LogP contribution < -0.4 is 11.1 Å². The molecule has 0 radical (unpaired) electrons. The second-order valence-electron chi connectivity index (χ2n) is 4.02. The minimum absolute atomic E-state index is 0.142. The first-order valence-electron chi connectivity index (χ1n) is 5.19. The van der Waals surface area contributed by atoms with E-state index in [1.165, 1.54) is 6.07 Å². The summed E-state index contributed by atoms with van der Waals surface area (Å²) in [6.45, 7) is 3.90. The molecule has 0 saturated heterocycles. The number of pyridine rings is 1. The van der Waals surface area contributed by atoms with Crippen LogP contribution in [0.4, 0.5) is 15.8 Å². The van der Waals surface area contributed by atoms with Crippen molar-refractivity contribution in [2.24, 2.45) is 0 Å². The summed E-state index contributed by atoms with van der Waals surface area (Å²) >= 11 is 0. The number of aromatic nitrogens is 1. The maximum atomic E-state index is 13.8. The number of anilines is 2. The molecule has 3 N–H and O–H groups in total. The summed E-state index contributed by atoms with van der Waals surface area (Å²) in [6, 6.07) is 5.09. The summed E-state index contributed by atoms with van der Waals surface area (Å²) in [5, 5.41) is 3.82. The first-order chi connectivity index (χ1) is 7.59. The van der Waals surface area contributed by atoms with Crippen LogP contribution in [0.15, 0.2) is 24.4 Å². The molecule has 1 aromatic carbocycles. The van der Waals surface area contributed by atoms with Crippen LogP contribution in [-0.2, 0) is 0 Å². The van der Waals surface area contributed by atoms with E-state index in [2.05, 4.69) is 10.3 Å². The molecule has 2 aromatic rings. The van der Waals surface area contributed by atoms with Gasteiger partial charge in [0, 0.05) is 23.3 Å². The minimum atomic E-state index is -0.364. The molecule has 16 heavy (non-hydrogen) atoms. The highest BCUT2D eigenvalue weighted by atomic mass is 19.1. The Bertz CT molecular complexity index is 523. The molecule has 0 aliphatic carbocycles. The average Bonchev–Trinajstić information content (AvgIpc) is 2.24. The van der Waals surface area contributed by atoms with Crippen molar-refractivity contribution in [3.8, 4) is 0 Å². The van der Waals surface area contributed by atoms with Crippen LogP contribution in [0.25, 0.3) is 10.9 Å². The van der Waals surface area contributed by atoms with E-state index in [1.807, 2.05) is 19.9 Å². The lowest BCUT2D eigenvalue weighted by atomic mass is 10.1. The number of nitrogens with zero attached hydrogens (tertiary/aromatic N) is 1. The van der Waals surface area contributed by atoms with Gasteiger partial charge >= 0.3 is 0 Å². The Kier molecular flexibility index (Phi) is 2.64. The van der Waals surface area contributed by atoms with Gasteiger partial charge in [-0.3, -0.25) is 4.98 Å². The third kappa shape index (κ3) is 1.78. The van der Waals surface area contributed by atoms with Crippen LogP contribution in [-0.4, -0.2) is 11.0 Å². The summed E-state index contributed by atoms with van der Waals surface area (Å²) in [7, 11) is 0. The molecule has 0 aliphatic heterocycles. The molecule has 0 unspecified atom stereocenters. The van der Waals surface area contributed by atoms with Crippen molar-refractivity contribution in [1.82, 2.24) is 4.98 Å². The smallest absolute Gasteiger partial charge is 0.150 e. The minimum Gasteiger partial charge on any atom is -0.398 e. The first-order valence-corrected chi connectivity index (χ1v) is 5.19. The molecule has 0 bridgehead atoms. The fourth-order valence-electron chi connectivity index (χ4n) is 1.66. The maximum absolute atomic E-state index is 13.8. The number of nitrogens with one attached hydrogen (secondary N) is 1. The maximum Gasteiger partial charge on any atom is 0.150 e. The molecule has 84 valence electrons. The summed E-state index contributed by atoms with van der Waals surface area (Å²) in [6.07, 6.45) is 1.63. The first kappa shape index (κ1) is 10.7. The second kappa shape index (κ2) is 3.96. The Morgan fingerprint density at radius 3 is 2.88 bits per heavy atom. The van der Waals surface area contributed by atoms with Gasteiger partial charge in [0.25, 0.3) is 0 Å². The van der Waals surface area contributed by atoms with Crippen molar-refractivity contribution in [2.45, 2.75) is 19.9 Å². The summed E-state index contributed by atoms with van der Waals surface area (Å²) in [5.74, 6) is -0.364. The van der Waals surface area contributed by atoms with Crippen molar-refractivity contribution >= 4 is 22.3 Å². The molecule has 0 spiro atoms. The Balaban J connectivity index is 2.71. The standard InChI is InChI=1S/C12H14FN3/c1-7(2)16-12-9(13)6-10(14)8-4-3-5-15-11(8)12/h3-7,16H,14H2,1-2H3. The van der Waals surface area contributed by atoms with Crippen LogP contribution in [0.3, 0.4) is 0 Å². The molecule has 0 fully saturated rings. The van der Waals surface area contributed by atoms with E-state index in [0.29, 0.717) is 16.9 Å². The van der Waals surface area contributed by atoms with Gasteiger partial charge < -0.3 is 11.1 Å². The average molecular weight is 219 g/mol. The molecule has 3 nitrogen and oxygen atoms in total. The van der Waals surface area contributed by atoms with Crippen molar-refractivity contribution < 1.29 is 4.39 Å². The molecule has 0 atom stereocenters. The number of rotatable bonds is 2. The Hall–Kier alpha value is -1.84. The SMILES string of the molecule is CC(C)Nc1c(F)cc(N)c2cccnc12. The lowest BCUT2D eigenvalue weighted by Gasteiger charge is -2.14. The van der Waals surface area contributed by atoms with E-state index in [1.54, 1.807) is 12.3 Å². The van der Waals surface area contributed by atoms with Crippen LogP contribution >= 0.6 is 0 Å². The van der Waals surface area contributed by atoms with E-state index in [9.17, 15) is 4.39 Å². The lowest BCUT2D eigenvalue weighted by molar-refractivity contribution is 0.630. The number of nitrogen functional groups attached to an aromatic ring is 1. The van der Waals surface area contributed by atoms with Crippen LogP contribution in [0, 0.1) is 5.82 Å². The number of hydrogen-bond donors (Lipinski definition) is 2. The van der Waals surface area contributed by atoms with Gasteiger partial charge in [0.1, 0.15) is 0 Å². The van der Waals surface area contributed by atoms with E-state index in [0.717, 1.165) is 5.39 Å². The Morgan fingerprint density at radius 1 is 1.44 bits per heavy atom. The van der Waals surface area contributed by atoms with Gasteiger partial charge in [0.15, 0.2) is 5.82 Å². The molecule has 0 amide bonds. The number of halogens is 1. The molecular weight excluding hydrogens is 205 g/mol. The van der Waals surface area contributed by atoms with E-state index < -0.39 is 0 Å². The van der Waals surface area contributed by atoms with Crippen molar-refractivity contribution in [3.05, 3.63) is 30.2 Å². The van der Waals surface area contributed by atoms with Crippen molar-refractivity contribution in [1.29, 1.82) is 0 Å². The third-order valence-electron chi connectivity index (χ3n) is 2.31. The van der Waals surface area contributed by atoms with E-state index >= 15 is 0 Å². The molecule has 0 aliphatic rings. The predicted molar refractivity (Wildman–Crippen MR) is 64.9 cm³/mol. The van der Waals surface area contributed by atoms with Crippen LogP contribution in [0.2, 0.25) is 0 Å². The van der Waals surface area contributed by atoms with Crippen LogP contribution in [0.1, 0.15) is 13.8 Å². The van der Waals surface area contributed by atoms with Gasteiger partial charge in [-0.1, -0.05) is 0 Å².